The molecule has 1 fully saturated rings. The lowest BCUT2D eigenvalue weighted by molar-refractivity contribution is 0.0533. The standard InChI is InChI=1S/C14H18N6O/c1-11-9-18(2)7-8-19(11)14(21)12-5-3-4-6-13(12)20-10-15-16-17-20/h3-6,10-11H,7-9H2,1-2H3. The van der Waals surface area contributed by atoms with E-state index in [-0.39, 0.29) is 11.9 Å². The Bertz CT molecular complexity index is 626. The Balaban J connectivity index is 1.92. The van der Waals surface area contributed by atoms with Crippen LogP contribution in [-0.2, 0) is 0 Å². The van der Waals surface area contributed by atoms with Gasteiger partial charge in [0, 0.05) is 25.7 Å². The van der Waals surface area contributed by atoms with Gasteiger partial charge in [-0.3, -0.25) is 4.79 Å². The van der Waals surface area contributed by atoms with E-state index in [2.05, 4.69) is 34.4 Å². The first kappa shape index (κ1) is 13.7. The van der Waals surface area contributed by atoms with E-state index in [1.165, 1.54) is 11.0 Å². The third-order valence-electron chi connectivity index (χ3n) is 3.82. The maximum absolute atomic E-state index is 12.9. The molecule has 110 valence electrons. The van der Waals surface area contributed by atoms with Crippen molar-refractivity contribution in [3.05, 3.63) is 36.2 Å². The summed E-state index contributed by atoms with van der Waals surface area (Å²) >= 11 is 0. The van der Waals surface area contributed by atoms with E-state index in [4.69, 9.17) is 0 Å². The van der Waals surface area contributed by atoms with Gasteiger partial charge in [0.25, 0.3) is 5.91 Å². The van der Waals surface area contributed by atoms with Crippen molar-refractivity contribution in [1.29, 1.82) is 0 Å². The van der Waals surface area contributed by atoms with Crippen LogP contribution in [0.25, 0.3) is 5.69 Å². The minimum atomic E-state index is 0.0294. The van der Waals surface area contributed by atoms with E-state index in [0.29, 0.717) is 11.3 Å². The zero-order valence-corrected chi connectivity index (χ0v) is 12.2. The summed E-state index contributed by atoms with van der Waals surface area (Å²) in [5.41, 5.74) is 1.33. The topological polar surface area (TPSA) is 67.2 Å². The fourth-order valence-corrected chi connectivity index (χ4v) is 2.72. The van der Waals surface area contributed by atoms with Crippen LogP contribution in [0, 0.1) is 0 Å². The molecule has 1 aromatic heterocycles. The number of benzene rings is 1. The molecule has 1 amide bonds. The van der Waals surface area contributed by atoms with Gasteiger partial charge in [0.05, 0.1) is 11.3 Å². The predicted molar refractivity (Wildman–Crippen MR) is 77.1 cm³/mol. The van der Waals surface area contributed by atoms with Crippen LogP contribution < -0.4 is 0 Å². The van der Waals surface area contributed by atoms with Crippen molar-refractivity contribution < 1.29 is 4.79 Å². The Morgan fingerprint density at radius 3 is 2.81 bits per heavy atom. The van der Waals surface area contributed by atoms with Crippen LogP contribution in [0.1, 0.15) is 17.3 Å². The number of aromatic nitrogens is 4. The first-order valence-electron chi connectivity index (χ1n) is 6.98. The molecule has 7 nitrogen and oxygen atoms in total. The van der Waals surface area contributed by atoms with E-state index in [9.17, 15) is 4.79 Å². The normalized spacial score (nSPS) is 19.7. The van der Waals surface area contributed by atoms with Gasteiger partial charge in [0.2, 0.25) is 0 Å². The second-order valence-electron chi connectivity index (χ2n) is 5.38. The molecule has 1 unspecified atom stereocenters. The van der Waals surface area contributed by atoms with Crippen LogP contribution >= 0.6 is 0 Å². The number of hydrogen-bond acceptors (Lipinski definition) is 5. The Labute approximate surface area is 123 Å². The smallest absolute Gasteiger partial charge is 0.256 e. The van der Waals surface area contributed by atoms with Crippen LogP contribution in [0.15, 0.2) is 30.6 Å². The maximum atomic E-state index is 12.9. The largest absolute Gasteiger partial charge is 0.333 e. The van der Waals surface area contributed by atoms with Gasteiger partial charge >= 0.3 is 0 Å². The number of carbonyl (C=O) groups is 1. The maximum Gasteiger partial charge on any atom is 0.256 e. The summed E-state index contributed by atoms with van der Waals surface area (Å²) in [5.74, 6) is 0.0294. The van der Waals surface area contributed by atoms with Crippen LogP contribution in [0.3, 0.4) is 0 Å². The van der Waals surface area contributed by atoms with Crippen LogP contribution in [0.2, 0.25) is 0 Å². The van der Waals surface area contributed by atoms with Crippen molar-refractivity contribution in [2.45, 2.75) is 13.0 Å². The van der Waals surface area contributed by atoms with Gasteiger partial charge < -0.3 is 9.80 Å². The van der Waals surface area contributed by atoms with Gasteiger partial charge in [-0.05, 0) is 36.5 Å². The number of nitrogens with zero attached hydrogens (tertiary/aromatic N) is 6. The molecule has 0 N–H and O–H groups in total. The summed E-state index contributed by atoms with van der Waals surface area (Å²) < 4.78 is 1.52. The van der Waals surface area contributed by atoms with Gasteiger partial charge in [-0.15, -0.1) is 5.10 Å². The number of para-hydroxylation sites is 1. The second kappa shape index (κ2) is 5.61. The van der Waals surface area contributed by atoms with Crippen LogP contribution in [0.4, 0.5) is 0 Å². The average Bonchev–Trinajstić information content (AvgIpc) is 3.01. The lowest BCUT2D eigenvalue weighted by Crippen LogP contribution is -2.52. The highest BCUT2D eigenvalue weighted by molar-refractivity contribution is 5.98. The third-order valence-corrected chi connectivity index (χ3v) is 3.82. The molecule has 1 saturated heterocycles. The first-order valence-corrected chi connectivity index (χ1v) is 6.98. The number of tetrazole rings is 1. The summed E-state index contributed by atoms with van der Waals surface area (Å²) in [4.78, 5) is 17.0. The molecular formula is C14H18N6O. The molecule has 1 atom stereocenters. The van der Waals surface area contributed by atoms with Crippen molar-refractivity contribution in [2.24, 2.45) is 0 Å². The number of hydrogen-bond donors (Lipinski definition) is 0. The molecule has 0 aliphatic carbocycles. The summed E-state index contributed by atoms with van der Waals surface area (Å²) in [6.07, 6.45) is 1.50. The van der Waals surface area contributed by atoms with E-state index in [1.807, 2.05) is 29.2 Å². The van der Waals surface area contributed by atoms with Crippen LogP contribution in [-0.4, -0.2) is 68.6 Å². The quantitative estimate of drug-likeness (QED) is 0.801. The van der Waals surface area contributed by atoms with Crippen molar-refractivity contribution in [2.75, 3.05) is 26.7 Å². The Morgan fingerprint density at radius 2 is 2.10 bits per heavy atom. The Morgan fingerprint density at radius 1 is 1.29 bits per heavy atom. The Kier molecular flexibility index (Phi) is 3.66. The zero-order valence-electron chi connectivity index (χ0n) is 12.2. The Hall–Kier alpha value is -2.28. The summed E-state index contributed by atoms with van der Waals surface area (Å²) in [7, 11) is 2.08. The third kappa shape index (κ3) is 2.64. The fraction of sp³-hybridized carbons (Fsp3) is 0.429. The van der Waals surface area contributed by atoms with Gasteiger partial charge in [-0.2, -0.15) is 4.68 Å². The number of likely N-dealkylation sites (N-methyl/N-ethyl adjacent to an activating group) is 1. The van der Waals surface area contributed by atoms with Gasteiger partial charge in [-0.25, -0.2) is 0 Å². The highest BCUT2D eigenvalue weighted by atomic mass is 16.2. The number of amides is 1. The SMILES string of the molecule is CC1CN(C)CCN1C(=O)c1ccccc1-n1cnnn1. The molecule has 2 heterocycles. The molecule has 0 saturated carbocycles. The van der Waals surface area contributed by atoms with Crippen molar-refractivity contribution in [3.63, 3.8) is 0 Å². The molecule has 21 heavy (non-hydrogen) atoms. The van der Waals surface area contributed by atoms with E-state index in [0.717, 1.165) is 19.6 Å². The molecule has 1 aliphatic heterocycles. The first-order chi connectivity index (χ1) is 10.2. The van der Waals surface area contributed by atoms with Crippen LogP contribution in [0.5, 0.6) is 0 Å². The lowest BCUT2D eigenvalue weighted by Gasteiger charge is -2.38. The molecular weight excluding hydrogens is 268 g/mol. The summed E-state index contributed by atoms with van der Waals surface area (Å²) in [6.45, 7) is 4.59. The minimum Gasteiger partial charge on any atom is -0.333 e. The van der Waals surface area contributed by atoms with E-state index < -0.39 is 0 Å². The van der Waals surface area contributed by atoms with E-state index in [1.54, 1.807) is 0 Å². The highest BCUT2D eigenvalue weighted by Crippen LogP contribution is 2.18. The van der Waals surface area contributed by atoms with E-state index >= 15 is 0 Å². The summed E-state index contributed by atoms with van der Waals surface area (Å²) in [6, 6.07) is 7.61. The fourth-order valence-electron chi connectivity index (χ4n) is 2.72. The minimum absolute atomic E-state index is 0.0294. The van der Waals surface area contributed by atoms with Crippen molar-refractivity contribution in [1.82, 2.24) is 30.0 Å². The lowest BCUT2D eigenvalue weighted by atomic mass is 10.1. The molecule has 0 radical (unpaired) electrons. The molecule has 3 rings (SSSR count). The summed E-state index contributed by atoms with van der Waals surface area (Å²) in [5, 5.41) is 11.2. The zero-order chi connectivity index (χ0) is 14.8. The molecule has 1 aromatic carbocycles. The number of piperazine rings is 1. The number of carbonyl (C=O) groups excluding carboxylic acids is 1. The van der Waals surface area contributed by atoms with Crippen molar-refractivity contribution in [3.8, 4) is 5.69 Å². The van der Waals surface area contributed by atoms with Gasteiger partial charge in [0.1, 0.15) is 6.33 Å². The monoisotopic (exact) mass is 286 g/mol. The molecule has 7 heteroatoms. The molecule has 0 bridgehead atoms. The highest BCUT2D eigenvalue weighted by Gasteiger charge is 2.28. The second-order valence-corrected chi connectivity index (χ2v) is 5.38. The number of rotatable bonds is 2. The van der Waals surface area contributed by atoms with Gasteiger partial charge in [-0.1, -0.05) is 12.1 Å². The predicted octanol–water partition coefficient (Wildman–Crippen LogP) is 0.438. The average molecular weight is 286 g/mol. The molecule has 1 aliphatic rings. The van der Waals surface area contributed by atoms with Gasteiger partial charge in [0.15, 0.2) is 0 Å². The van der Waals surface area contributed by atoms with Crippen molar-refractivity contribution >= 4 is 5.91 Å². The molecule has 0 spiro atoms. The molecule has 2 aromatic rings.